The SMILES string of the molecule is C=COc1cc(C(=O)OC)ccc1OCc1ccccc1.CC. The summed E-state index contributed by atoms with van der Waals surface area (Å²) in [6, 6.07) is 14.6. The molecule has 0 spiro atoms. The van der Waals surface area contributed by atoms with Crippen LogP contribution in [0, 0.1) is 0 Å². The van der Waals surface area contributed by atoms with Gasteiger partial charge in [0, 0.05) is 0 Å². The van der Waals surface area contributed by atoms with Crippen molar-refractivity contribution >= 4 is 5.97 Å². The number of hydrogen-bond acceptors (Lipinski definition) is 4. The maximum Gasteiger partial charge on any atom is 0.337 e. The summed E-state index contributed by atoms with van der Waals surface area (Å²) in [5.41, 5.74) is 1.43. The van der Waals surface area contributed by atoms with Crippen LogP contribution in [0.4, 0.5) is 0 Å². The fourth-order valence-electron chi connectivity index (χ4n) is 1.79. The molecular weight excluding hydrogens is 292 g/mol. The molecule has 0 atom stereocenters. The van der Waals surface area contributed by atoms with Gasteiger partial charge >= 0.3 is 5.97 Å². The minimum absolute atomic E-state index is 0.390. The van der Waals surface area contributed by atoms with Crippen molar-refractivity contribution in [2.75, 3.05) is 7.11 Å². The molecule has 2 aromatic carbocycles. The molecule has 23 heavy (non-hydrogen) atoms. The Balaban J connectivity index is 0.00000127. The molecule has 4 heteroatoms. The molecule has 0 unspecified atom stereocenters. The Kier molecular flexibility index (Phi) is 8.00. The average Bonchev–Trinajstić information content (AvgIpc) is 2.62. The highest BCUT2D eigenvalue weighted by Crippen LogP contribution is 2.29. The Labute approximate surface area is 137 Å². The zero-order valence-corrected chi connectivity index (χ0v) is 13.7. The van der Waals surface area contributed by atoms with E-state index in [4.69, 9.17) is 9.47 Å². The number of ether oxygens (including phenoxy) is 3. The van der Waals surface area contributed by atoms with Crippen LogP contribution in [0.1, 0.15) is 29.8 Å². The summed E-state index contributed by atoms with van der Waals surface area (Å²) in [5.74, 6) is 0.522. The van der Waals surface area contributed by atoms with Crippen LogP contribution in [0.15, 0.2) is 61.4 Å². The molecule has 0 aliphatic heterocycles. The number of carbonyl (C=O) groups is 1. The lowest BCUT2D eigenvalue weighted by Crippen LogP contribution is -2.03. The van der Waals surface area contributed by atoms with E-state index in [-0.39, 0.29) is 0 Å². The molecule has 0 aliphatic carbocycles. The molecule has 0 aromatic heterocycles. The van der Waals surface area contributed by atoms with E-state index >= 15 is 0 Å². The van der Waals surface area contributed by atoms with Crippen molar-refractivity contribution in [3.63, 3.8) is 0 Å². The highest BCUT2D eigenvalue weighted by molar-refractivity contribution is 5.90. The van der Waals surface area contributed by atoms with Gasteiger partial charge in [-0.25, -0.2) is 4.79 Å². The van der Waals surface area contributed by atoms with Crippen LogP contribution in [0.25, 0.3) is 0 Å². The van der Waals surface area contributed by atoms with Gasteiger partial charge in [0.15, 0.2) is 11.5 Å². The summed E-state index contributed by atoms with van der Waals surface area (Å²) in [5, 5.41) is 0. The minimum atomic E-state index is -0.432. The van der Waals surface area contributed by atoms with Crippen molar-refractivity contribution in [3.05, 3.63) is 72.5 Å². The smallest absolute Gasteiger partial charge is 0.337 e. The van der Waals surface area contributed by atoms with E-state index in [1.54, 1.807) is 18.2 Å². The Bertz CT molecular complexity index is 621. The van der Waals surface area contributed by atoms with E-state index in [9.17, 15) is 4.79 Å². The van der Waals surface area contributed by atoms with Crippen molar-refractivity contribution in [1.29, 1.82) is 0 Å². The highest BCUT2D eigenvalue weighted by atomic mass is 16.5. The molecule has 0 N–H and O–H groups in total. The van der Waals surface area contributed by atoms with Gasteiger partial charge in [-0.05, 0) is 23.8 Å². The Morgan fingerprint density at radius 3 is 2.39 bits per heavy atom. The molecule has 0 saturated carbocycles. The van der Waals surface area contributed by atoms with Crippen LogP contribution >= 0.6 is 0 Å². The summed E-state index contributed by atoms with van der Waals surface area (Å²) >= 11 is 0. The molecular formula is C19H22O4. The Morgan fingerprint density at radius 2 is 1.78 bits per heavy atom. The molecule has 4 nitrogen and oxygen atoms in total. The molecule has 0 heterocycles. The van der Waals surface area contributed by atoms with Crippen LogP contribution in [0.3, 0.4) is 0 Å². The van der Waals surface area contributed by atoms with Gasteiger partial charge in [0.25, 0.3) is 0 Å². The molecule has 0 amide bonds. The molecule has 0 saturated heterocycles. The lowest BCUT2D eigenvalue weighted by Gasteiger charge is -2.11. The molecule has 0 aliphatic rings. The number of methoxy groups -OCH3 is 1. The van der Waals surface area contributed by atoms with Gasteiger partial charge < -0.3 is 14.2 Å². The topological polar surface area (TPSA) is 44.8 Å². The van der Waals surface area contributed by atoms with Crippen LogP contribution in [0.5, 0.6) is 11.5 Å². The first-order chi connectivity index (χ1) is 11.2. The number of benzene rings is 2. The zero-order chi connectivity index (χ0) is 17.1. The highest BCUT2D eigenvalue weighted by Gasteiger charge is 2.11. The number of rotatable bonds is 6. The maximum absolute atomic E-state index is 11.5. The number of esters is 1. The summed E-state index contributed by atoms with van der Waals surface area (Å²) in [6.07, 6.45) is 1.28. The predicted molar refractivity (Wildman–Crippen MR) is 90.7 cm³/mol. The normalized spacial score (nSPS) is 9.17. The second kappa shape index (κ2) is 10.1. The van der Waals surface area contributed by atoms with Gasteiger partial charge in [0.05, 0.1) is 18.9 Å². The molecule has 0 radical (unpaired) electrons. The van der Waals surface area contributed by atoms with Gasteiger partial charge in [-0.2, -0.15) is 0 Å². The number of hydrogen-bond donors (Lipinski definition) is 0. The van der Waals surface area contributed by atoms with Crippen molar-refractivity contribution in [2.45, 2.75) is 20.5 Å². The monoisotopic (exact) mass is 314 g/mol. The minimum Gasteiger partial charge on any atom is -0.485 e. The second-order valence-electron chi connectivity index (χ2n) is 4.21. The first kappa shape index (κ1) is 18.3. The van der Waals surface area contributed by atoms with E-state index in [0.717, 1.165) is 5.56 Å². The summed E-state index contributed by atoms with van der Waals surface area (Å²) in [4.78, 5) is 11.5. The van der Waals surface area contributed by atoms with Crippen LogP contribution < -0.4 is 9.47 Å². The molecule has 2 aromatic rings. The van der Waals surface area contributed by atoms with Gasteiger partial charge in [0.2, 0.25) is 0 Å². The third kappa shape index (κ3) is 5.51. The van der Waals surface area contributed by atoms with Crippen molar-refractivity contribution in [2.24, 2.45) is 0 Å². The van der Waals surface area contributed by atoms with Crippen molar-refractivity contribution in [3.8, 4) is 11.5 Å². The first-order valence-corrected chi connectivity index (χ1v) is 7.41. The van der Waals surface area contributed by atoms with Crippen molar-refractivity contribution in [1.82, 2.24) is 0 Å². The number of carbonyl (C=O) groups excluding carboxylic acids is 1. The molecule has 0 bridgehead atoms. The van der Waals surface area contributed by atoms with Crippen LogP contribution in [-0.2, 0) is 11.3 Å². The summed E-state index contributed by atoms with van der Waals surface area (Å²) in [7, 11) is 1.33. The average molecular weight is 314 g/mol. The van der Waals surface area contributed by atoms with Gasteiger partial charge in [-0.15, -0.1) is 0 Å². The lowest BCUT2D eigenvalue weighted by atomic mass is 10.2. The summed E-state index contributed by atoms with van der Waals surface area (Å²) in [6.45, 7) is 7.92. The molecule has 2 rings (SSSR count). The molecule has 122 valence electrons. The first-order valence-electron chi connectivity index (χ1n) is 7.41. The maximum atomic E-state index is 11.5. The third-order valence-corrected chi connectivity index (χ3v) is 2.81. The van der Waals surface area contributed by atoms with Crippen LogP contribution in [0.2, 0.25) is 0 Å². The van der Waals surface area contributed by atoms with Crippen LogP contribution in [-0.4, -0.2) is 13.1 Å². The van der Waals surface area contributed by atoms with Gasteiger partial charge in [0.1, 0.15) is 6.61 Å². The predicted octanol–water partition coefficient (Wildman–Crippen LogP) is 4.60. The fourth-order valence-corrected chi connectivity index (χ4v) is 1.79. The van der Waals surface area contributed by atoms with E-state index in [1.165, 1.54) is 13.4 Å². The van der Waals surface area contributed by atoms with E-state index < -0.39 is 5.97 Å². The molecule has 0 fully saturated rings. The van der Waals surface area contributed by atoms with Gasteiger partial charge in [-0.3, -0.25) is 0 Å². The van der Waals surface area contributed by atoms with E-state index in [0.29, 0.717) is 23.7 Å². The third-order valence-electron chi connectivity index (χ3n) is 2.81. The Morgan fingerprint density at radius 1 is 1.09 bits per heavy atom. The standard InChI is InChI=1S/C17H16O4.C2H6/c1-3-20-16-11-14(17(18)19-2)9-10-15(16)21-12-13-7-5-4-6-8-13;1-2/h3-11H,1,12H2,2H3;1-2H3. The van der Waals surface area contributed by atoms with Gasteiger partial charge in [-0.1, -0.05) is 50.8 Å². The van der Waals surface area contributed by atoms with E-state index in [2.05, 4.69) is 11.3 Å². The van der Waals surface area contributed by atoms with Crippen molar-refractivity contribution < 1.29 is 19.0 Å². The lowest BCUT2D eigenvalue weighted by molar-refractivity contribution is 0.0600. The van der Waals surface area contributed by atoms with E-state index in [1.807, 2.05) is 44.2 Å². The largest absolute Gasteiger partial charge is 0.485 e. The second-order valence-corrected chi connectivity index (χ2v) is 4.21. The quantitative estimate of drug-likeness (QED) is 0.577. The fraction of sp³-hybridized carbons (Fsp3) is 0.211. The zero-order valence-electron chi connectivity index (χ0n) is 13.7. The Hall–Kier alpha value is -2.75. The summed E-state index contributed by atoms with van der Waals surface area (Å²) < 4.78 is 15.7.